The summed E-state index contributed by atoms with van der Waals surface area (Å²) in [6, 6.07) is 12.0. The van der Waals surface area contributed by atoms with Crippen LogP contribution in [0, 0.1) is 5.92 Å². The van der Waals surface area contributed by atoms with Crippen molar-refractivity contribution >= 4 is 44.1 Å². The number of sulfonamides is 1. The predicted octanol–water partition coefficient (Wildman–Crippen LogP) is 4.48. The molecular weight excluding hydrogens is 616 g/mol. The van der Waals surface area contributed by atoms with E-state index in [1.54, 1.807) is 6.07 Å². The molecule has 1 atom stereocenters. The van der Waals surface area contributed by atoms with Crippen LogP contribution in [0.3, 0.4) is 0 Å². The lowest BCUT2D eigenvalue weighted by molar-refractivity contribution is -0.136. The van der Waals surface area contributed by atoms with Gasteiger partial charge < -0.3 is 24.4 Å². The van der Waals surface area contributed by atoms with E-state index in [0.29, 0.717) is 23.3 Å². The van der Waals surface area contributed by atoms with Crippen LogP contribution < -0.4 is 14.8 Å². The molecule has 0 spiro atoms. The van der Waals surface area contributed by atoms with Crippen molar-refractivity contribution in [3.05, 3.63) is 53.2 Å². The average Bonchev–Trinajstić information content (AvgIpc) is 3.62. The molecule has 2 aliphatic rings. The van der Waals surface area contributed by atoms with Crippen LogP contribution in [0.25, 0.3) is 10.9 Å². The number of amides is 2. The van der Waals surface area contributed by atoms with E-state index < -0.39 is 10.0 Å². The van der Waals surface area contributed by atoms with Crippen LogP contribution in [-0.2, 0) is 33.8 Å². The van der Waals surface area contributed by atoms with E-state index in [0.717, 1.165) is 80.3 Å². The Labute approximate surface area is 279 Å². The summed E-state index contributed by atoms with van der Waals surface area (Å²) in [5.74, 6) is 0.288. The molecule has 47 heavy (non-hydrogen) atoms. The SMILES string of the molecule is COc1c(NC(=O)c2cc3cccc(CN4CCC(C(=O)N5CC[C@@H](N(C)C)C5)CC4)c3n2C)cc(C(C)(C)C)cc1NS(C)(=O)=O. The summed E-state index contributed by atoms with van der Waals surface area (Å²) >= 11 is 0. The lowest BCUT2D eigenvalue weighted by Crippen LogP contribution is -2.42. The number of carbonyl (C=O) groups excluding carboxylic acids is 2. The molecule has 2 aliphatic heterocycles. The second-order valence-corrected chi connectivity index (χ2v) is 16.1. The Bertz CT molecular complexity index is 1750. The Morgan fingerprint density at radius 1 is 1.02 bits per heavy atom. The number of fused-ring (bicyclic) bond motifs is 1. The number of nitrogens with one attached hydrogen (secondary N) is 2. The second-order valence-electron chi connectivity index (χ2n) is 14.4. The number of methoxy groups -OCH3 is 1. The van der Waals surface area contributed by atoms with Crippen LogP contribution in [0.1, 0.15) is 61.6 Å². The van der Waals surface area contributed by atoms with Crippen molar-refractivity contribution in [3.8, 4) is 5.75 Å². The summed E-state index contributed by atoms with van der Waals surface area (Å²) in [5.41, 5.74) is 3.73. The zero-order valence-electron chi connectivity index (χ0n) is 29.0. The number of nitrogens with zero attached hydrogens (tertiary/aromatic N) is 4. The smallest absolute Gasteiger partial charge is 0.272 e. The van der Waals surface area contributed by atoms with Crippen molar-refractivity contribution in [1.82, 2.24) is 19.3 Å². The highest BCUT2D eigenvalue weighted by Gasteiger charge is 2.33. The van der Waals surface area contributed by atoms with Gasteiger partial charge in [-0.15, -0.1) is 0 Å². The van der Waals surface area contributed by atoms with E-state index in [4.69, 9.17) is 4.74 Å². The molecule has 0 unspecified atom stereocenters. The quantitative estimate of drug-likeness (QED) is 0.346. The van der Waals surface area contributed by atoms with E-state index in [1.165, 1.54) is 7.11 Å². The molecule has 2 amide bonds. The number of piperidine rings is 1. The van der Waals surface area contributed by atoms with E-state index in [1.807, 2.05) is 56.7 Å². The van der Waals surface area contributed by atoms with Gasteiger partial charge in [0.05, 0.1) is 30.3 Å². The van der Waals surface area contributed by atoms with Gasteiger partial charge in [-0.1, -0.05) is 39.0 Å². The molecule has 2 N–H and O–H groups in total. The first-order valence-corrected chi connectivity index (χ1v) is 18.2. The Morgan fingerprint density at radius 2 is 1.70 bits per heavy atom. The number of likely N-dealkylation sites (N-methyl/N-ethyl adjacent to an activating group) is 1. The predicted molar refractivity (Wildman–Crippen MR) is 188 cm³/mol. The summed E-state index contributed by atoms with van der Waals surface area (Å²) in [4.78, 5) is 33.7. The number of likely N-dealkylation sites (tertiary alicyclic amines) is 2. The number of hydrogen-bond acceptors (Lipinski definition) is 7. The van der Waals surface area contributed by atoms with Crippen molar-refractivity contribution in [1.29, 1.82) is 0 Å². The molecule has 0 aliphatic carbocycles. The molecule has 0 saturated carbocycles. The molecule has 3 heterocycles. The van der Waals surface area contributed by atoms with Gasteiger partial charge in [-0.25, -0.2) is 8.42 Å². The van der Waals surface area contributed by atoms with Crippen LogP contribution in [-0.4, -0.2) is 99.2 Å². The first kappa shape index (κ1) is 34.7. The maximum absolute atomic E-state index is 13.8. The van der Waals surface area contributed by atoms with Crippen LogP contribution in [0.5, 0.6) is 5.75 Å². The second kappa shape index (κ2) is 13.5. The summed E-state index contributed by atoms with van der Waals surface area (Å²) in [6.45, 7) is 10.2. The summed E-state index contributed by atoms with van der Waals surface area (Å²) in [6.07, 6.45) is 3.82. The molecule has 0 radical (unpaired) electrons. The van der Waals surface area contributed by atoms with Gasteiger partial charge >= 0.3 is 0 Å². The minimum absolute atomic E-state index is 0.0789. The first-order chi connectivity index (χ1) is 22.1. The number of carbonyl (C=O) groups is 2. The largest absolute Gasteiger partial charge is 0.492 e. The number of aryl methyl sites for hydroxylation is 1. The van der Waals surface area contributed by atoms with E-state index in [-0.39, 0.29) is 28.7 Å². The Kier molecular flexibility index (Phi) is 9.96. The molecule has 11 nitrogen and oxygen atoms in total. The molecule has 1 aromatic heterocycles. The topological polar surface area (TPSA) is 116 Å². The number of rotatable bonds is 9. The Hall–Kier alpha value is -3.61. The van der Waals surface area contributed by atoms with Gasteiger partial charge in [-0.3, -0.25) is 19.2 Å². The fraction of sp³-hybridized carbons (Fsp3) is 0.543. The molecule has 12 heteroatoms. The van der Waals surface area contributed by atoms with Gasteiger partial charge in [0.1, 0.15) is 5.69 Å². The highest BCUT2D eigenvalue weighted by molar-refractivity contribution is 7.92. The maximum atomic E-state index is 13.8. The zero-order chi connectivity index (χ0) is 34.3. The minimum atomic E-state index is -3.60. The average molecular weight is 667 g/mol. The zero-order valence-corrected chi connectivity index (χ0v) is 29.8. The molecular formula is C35H50N6O5S. The molecule has 0 bridgehead atoms. The van der Waals surface area contributed by atoms with Gasteiger partial charge in [0.15, 0.2) is 5.75 Å². The third-order valence-electron chi connectivity index (χ3n) is 9.61. The number of para-hydroxylation sites is 1. The highest BCUT2D eigenvalue weighted by Crippen LogP contribution is 2.39. The van der Waals surface area contributed by atoms with E-state index in [2.05, 4.69) is 44.9 Å². The van der Waals surface area contributed by atoms with Gasteiger partial charge in [-0.2, -0.15) is 0 Å². The third kappa shape index (κ3) is 7.76. The van der Waals surface area contributed by atoms with Crippen LogP contribution in [0.15, 0.2) is 36.4 Å². The van der Waals surface area contributed by atoms with Crippen molar-refractivity contribution in [2.75, 3.05) is 63.7 Å². The summed E-state index contributed by atoms with van der Waals surface area (Å²) in [5, 5.41) is 3.96. The van der Waals surface area contributed by atoms with Gasteiger partial charge in [0.2, 0.25) is 15.9 Å². The normalized spacial score (nSPS) is 18.2. The summed E-state index contributed by atoms with van der Waals surface area (Å²) < 4.78 is 34.4. The number of ether oxygens (including phenoxy) is 1. The van der Waals surface area contributed by atoms with E-state index in [9.17, 15) is 18.0 Å². The van der Waals surface area contributed by atoms with E-state index >= 15 is 0 Å². The van der Waals surface area contributed by atoms with Crippen molar-refractivity contribution in [2.45, 2.75) is 58.0 Å². The fourth-order valence-electron chi connectivity index (χ4n) is 6.88. The highest BCUT2D eigenvalue weighted by atomic mass is 32.2. The molecule has 2 fully saturated rings. The van der Waals surface area contributed by atoms with Gasteiger partial charge in [0.25, 0.3) is 5.91 Å². The number of hydrogen-bond donors (Lipinski definition) is 2. The van der Waals surface area contributed by atoms with Crippen molar-refractivity contribution in [3.63, 3.8) is 0 Å². The Balaban J connectivity index is 1.33. The number of aromatic nitrogens is 1. The molecule has 2 aromatic carbocycles. The monoisotopic (exact) mass is 666 g/mol. The Morgan fingerprint density at radius 3 is 2.30 bits per heavy atom. The lowest BCUT2D eigenvalue weighted by atomic mass is 9.86. The molecule has 256 valence electrons. The molecule has 5 rings (SSSR count). The first-order valence-electron chi connectivity index (χ1n) is 16.3. The van der Waals surface area contributed by atoms with Crippen molar-refractivity contribution in [2.24, 2.45) is 13.0 Å². The van der Waals surface area contributed by atoms with Crippen LogP contribution in [0.4, 0.5) is 11.4 Å². The van der Waals surface area contributed by atoms with Crippen molar-refractivity contribution < 1.29 is 22.7 Å². The molecule has 3 aromatic rings. The fourth-order valence-corrected chi connectivity index (χ4v) is 7.43. The lowest BCUT2D eigenvalue weighted by Gasteiger charge is -2.33. The van der Waals surface area contributed by atoms with Crippen LogP contribution in [0.2, 0.25) is 0 Å². The van der Waals surface area contributed by atoms with Gasteiger partial charge in [-0.05, 0) is 81.2 Å². The number of anilines is 2. The maximum Gasteiger partial charge on any atom is 0.272 e. The minimum Gasteiger partial charge on any atom is -0.492 e. The summed E-state index contributed by atoms with van der Waals surface area (Å²) in [7, 11) is 3.91. The number of benzene rings is 2. The van der Waals surface area contributed by atoms with Crippen LogP contribution >= 0.6 is 0 Å². The third-order valence-corrected chi connectivity index (χ3v) is 10.2. The molecule has 2 saturated heterocycles. The van der Waals surface area contributed by atoms with Gasteiger partial charge in [0, 0.05) is 44.0 Å². The standard InChI is InChI=1S/C35H50N6O5S/c1-35(2,3)26-19-28(32(46-7)29(20-26)37-47(8,44)45)36-33(42)30-18-24-10-9-11-25(31(24)39(30)6)21-40-15-12-23(13-16-40)34(43)41-17-14-27(22-41)38(4)5/h9-11,18-20,23,27,37H,12-17,21-22H2,1-8H3,(H,36,42)/t27-/m1/s1.